The number of alkyl halides is 1. The summed E-state index contributed by atoms with van der Waals surface area (Å²) in [6.07, 6.45) is 1.36. The van der Waals surface area contributed by atoms with Crippen LogP contribution in [-0.4, -0.2) is 11.2 Å². The van der Waals surface area contributed by atoms with Crippen molar-refractivity contribution < 1.29 is 0 Å². The lowest BCUT2D eigenvalue weighted by Crippen LogP contribution is -2.40. The van der Waals surface area contributed by atoms with Crippen LogP contribution in [0.4, 0.5) is 0 Å². The second kappa shape index (κ2) is 2.96. The summed E-state index contributed by atoms with van der Waals surface area (Å²) in [4.78, 5) is 3.75. The average molecular weight is 204 g/mol. The van der Waals surface area contributed by atoms with E-state index in [2.05, 4.69) is 4.99 Å². The van der Waals surface area contributed by atoms with Crippen molar-refractivity contribution in [2.75, 3.05) is 0 Å². The molecule has 0 aromatic rings. The molecule has 0 bridgehead atoms. The van der Waals surface area contributed by atoms with Gasteiger partial charge in [0.05, 0.1) is 11.1 Å². The highest BCUT2D eigenvalue weighted by molar-refractivity contribution is 6.37. The summed E-state index contributed by atoms with van der Waals surface area (Å²) in [5.41, 5.74) is 4.51. The molecule has 0 aliphatic carbocycles. The molecule has 1 aliphatic heterocycles. The van der Waals surface area contributed by atoms with Crippen LogP contribution in [0.15, 0.2) is 16.2 Å². The SMILES string of the molecule is CC1(C#N)C(Cl)=CN=C(N)C1Cl. The number of hydrogen-bond donors (Lipinski definition) is 1. The number of nitrogens with zero attached hydrogens (tertiary/aromatic N) is 2. The highest BCUT2D eigenvalue weighted by Crippen LogP contribution is 2.38. The van der Waals surface area contributed by atoms with Crippen molar-refractivity contribution in [3.63, 3.8) is 0 Å². The first-order valence-electron chi connectivity index (χ1n) is 3.27. The van der Waals surface area contributed by atoms with Crippen molar-refractivity contribution in [1.29, 1.82) is 5.26 Å². The Kier molecular flexibility index (Phi) is 2.31. The minimum atomic E-state index is -0.949. The number of nitrogens with two attached hydrogens (primary N) is 1. The van der Waals surface area contributed by atoms with Crippen molar-refractivity contribution in [3.05, 3.63) is 11.2 Å². The quantitative estimate of drug-likeness (QED) is 0.608. The molecule has 5 heteroatoms. The first-order chi connectivity index (χ1) is 5.52. The van der Waals surface area contributed by atoms with E-state index in [1.54, 1.807) is 6.92 Å². The van der Waals surface area contributed by atoms with E-state index in [9.17, 15) is 0 Å². The lowest BCUT2D eigenvalue weighted by Gasteiger charge is -2.28. The summed E-state index contributed by atoms with van der Waals surface area (Å²) >= 11 is 11.6. The van der Waals surface area contributed by atoms with E-state index >= 15 is 0 Å². The van der Waals surface area contributed by atoms with Gasteiger partial charge in [-0.3, -0.25) is 0 Å². The Morgan fingerprint density at radius 1 is 1.83 bits per heavy atom. The fraction of sp³-hybridized carbons (Fsp3) is 0.429. The highest BCUT2D eigenvalue weighted by atomic mass is 35.5. The zero-order valence-corrected chi connectivity index (χ0v) is 7.89. The molecule has 12 heavy (non-hydrogen) atoms. The van der Waals surface area contributed by atoms with Crippen LogP contribution >= 0.6 is 23.2 Å². The van der Waals surface area contributed by atoms with Crippen LogP contribution in [0, 0.1) is 16.7 Å². The zero-order chi connectivity index (χ0) is 9.35. The normalized spacial score (nSPS) is 35.0. The van der Waals surface area contributed by atoms with Gasteiger partial charge >= 0.3 is 0 Å². The molecule has 0 aromatic carbocycles. The molecule has 0 amide bonds. The Balaban J connectivity index is 3.16. The van der Waals surface area contributed by atoms with Gasteiger partial charge in [-0.05, 0) is 6.92 Å². The van der Waals surface area contributed by atoms with Crippen LogP contribution in [0.3, 0.4) is 0 Å². The molecule has 1 heterocycles. The van der Waals surface area contributed by atoms with E-state index < -0.39 is 10.8 Å². The Bertz CT molecular complexity index is 302. The maximum atomic E-state index is 8.84. The topological polar surface area (TPSA) is 62.2 Å². The zero-order valence-electron chi connectivity index (χ0n) is 6.38. The lowest BCUT2D eigenvalue weighted by molar-refractivity contribution is 0.578. The van der Waals surface area contributed by atoms with Gasteiger partial charge in [0.25, 0.3) is 0 Å². The number of aliphatic imine (C=N–C) groups is 1. The molecule has 3 nitrogen and oxygen atoms in total. The third-order valence-corrected chi connectivity index (χ3v) is 2.97. The fourth-order valence-corrected chi connectivity index (χ4v) is 1.34. The van der Waals surface area contributed by atoms with Crippen LogP contribution < -0.4 is 5.73 Å². The predicted octanol–water partition coefficient (Wildman–Crippen LogP) is 1.57. The van der Waals surface area contributed by atoms with Crippen LogP contribution in [0.25, 0.3) is 0 Å². The van der Waals surface area contributed by atoms with Gasteiger partial charge in [-0.1, -0.05) is 11.6 Å². The molecule has 1 aliphatic rings. The van der Waals surface area contributed by atoms with Gasteiger partial charge in [-0.2, -0.15) is 5.26 Å². The molecular formula is C7H7Cl2N3. The molecule has 0 saturated heterocycles. The van der Waals surface area contributed by atoms with E-state index in [-0.39, 0.29) is 5.84 Å². The second-order valence-electron chi connectivity index (χ2n) is 2.71. The first kappa shape index (κ1) is 9.37. The van der Waals surface area contributed by atoms with Gasteiger partial charge in [-0.25, -0.2) is 4.99 Å². The second-order valence-corrected chi connectivity index (χ2v) is 3.55. The van der Waals surface area contributed by atoms with Crippen LogP contribution in [-0.2, 0) is 0 Å². The number of amidine groups is 1. The lowest BCUT2D eigenvalue weighted by atomic mass is 9.86. The summed E-state index contributed by atoms with van der Waals surface area (Å²) in [5, 5.41) is 8.50. The highest BCUT2D eigenvalue weighted by Gasteiger charge is 2.41. The van der Waals surface area contributed by atoms with Gasteiger partial charge in [0.1, 0.15) is 16.6 Å². The minimum Gasteiger partial charge on any atom is -0.386 e. The smallest absolute Gasteiger partial charge is 0.119 e. The molecule has 2 N–H and O–H groups in total. The van der Waals surface area contributed by atoms with Crippen LogP contribution in [0.1, 0.15) is 6.92 Å². The molecule has 0 spiro atoms. The van der Waals surface area contributed by atoms with E-state index in [4.69, 9.17) is 34.2 Å². The number of nitriles is 1. The monoisotopic (exact) mass is 203 g/mol. The summed E-state index contributed by atoms with van der Waals surface area (Å²) in [7, 11) is 0. The minimum absolute atomic E-state index is 0.227. The number of halogens is 2. The average Bonchev–Trinajstić information content (AvgIpc) is 2.08. The van der Waals surface area contributed by atoms with Gasteiger partial charge in [-0.15, -0.1) is 11.6 Å². The van der Waals surface area contributed by atoms with Crippen molar-refractivity contribution in [3.8, 4) is 6.07 Å². The van der Waals surface area contributed by atoms with Crippen molar-refractivity contribution in [2.45, 2.75) is 12.3 Å². The van der Waals surface area contributed by atoms with Gasteiger partial charge < -0.3 is 5.73 Å². The molecule has 0 fully saturated rings. The summed E-state index contributed by atoms with van der Waals surface area (Å²) in [5.74, 6) is 0.227. The Labute approximate surface area is 80.5 Å². The van der Waals surface area contributed by atoms with E-state index in [1.165, 1.54) is 6.20 Å². The predicted molar refractivity (Wildman–Crippen MR) is 48.9 cm³/mol. The van der Waals surface area contributed by atoms with E-state index in [0.29, 0.717) is 5.03 Å². The Hall–Kier alpha value is -0.720. The maximum absolute atomic E-state index is 8.84. The van der Waals surface area contributed by atoms with E-state index in [0.717, 1.165) is 0 Å². The van der Waals surface area contributed by atoms with Crippen molar-refractivity contribution in [1.82, 2.24) is 0 Å². The van der Waals surface area contributed by atoms with E-state index in [1.807, 2.05) is 6.07 Å². The van der Waals surface area contributed by atoms with Gasteiger partial charge in [0.2, 0.25) is 0 Å². The standard InChI is InChI=1S/C7H7Cl2N3/c1-7(3-10)4(8)2-12-6(11)5(7)9/h2,5H,1H3,(H2,11,12). The number of hydrogen-bond acceptors (Lipinski definition) is 3. The molecule has 0 saturated carbocycles. The third kappa shape index (κ3) is 1.17. The van der Waals surface area contributed by atoms with Crippen molar-refractivity contribution >= 4 is 29.0 Å². The molecule has 2 unspecified atom stereocenters. The summed E-state index contributed by atoms with van der Waals surface area (Å²) in [6.45, 7) is 1.63. The van der Waals surface area contributed by atoms with Crippen LogP contribution in [0.2, 0.25) is 0 Å². The Morgan fingerprint density at radius 2 is 2.42 bits per heavy atom. The molecule has 1 rings (SSSR count). The van der Waals surface area contributed by atoms with Gasteiger partial charge in [0, 0.05) is 6.20 Å². The summed E-state index contributed by atoms with van der Waals surface area (Å²) < 4.78 is 0. The fourth-order valence-electron chi connectivity index (χ4n) is 0.858. The Morgan fingerprint density at radius 3 is 2.83 bits per heavy atom. The molecular weight excluding hydrogens is 197 g/mol. The van der Waals surface area contributed by atoms with Crippen molar-refractivity contribution in [2.24, 2.45) is 16.1 Å². The molecule has 2 atom stereocenters. The first-order valence-corrected chi connectivity index (χ1v) is 4.08. The maximum Gasteiger partial charge on any atom is 0.119 e. The third-order valence-electron chi connectivity index (χ3n) is 1.82. The molecule has 64 valence electrons. The number of rotatable bonds is 0. The van der Waals surface area contributed by atoms with Crippen LogP contribution in [0.5, 0.6) is 0 Å². The number of allylic oxidation sites excluding steroid dienone is 1. The molecule has 0 aromatic heterocycles. The largest absolute Gasteiger partial charge is 0.386 e. The summed E-state index contributed by atoms with van der Waals surface area (Å²) in [6, 6.07) is 2.02. The molecule has 0 radical (unpaired) electrons. The van der Waals surface area contributed by atoms with Gasteiger partial charge in [0.15, 0.2) is 0 Å².